The zero-order chi connectivity index (χ0) is 24.2. The maximum atomic E-state index is 13.5. The molecule has 35 heavy (non-hydrogen) atoms. The zero-order valence-corrected chi connectivity index (χ0v) is 19.8. The number of carbonyl (C=O) groups excluding carboxylic acids is 2. The van der Waals surface area contributed by atoms with E-state index < -0.39 is 5.91 Å². The summed E-state index contributed by atoms with van der Waals surface area (Å²) in [5.74, 6) is 0.561. The monoisotopic (exact) mass is 478 g/mol. The molecule has 4 aromatic carbocycles. The van der Waals surface area contributed by atoms with Gasteiger partial charge in [0.05, 0.1) is 5.69 Å². The molecule has 0 fully saturated rings. The van der Waals surface area contributed by atoms with Crippen LogP contribution in [0.15, 0.2) is 125 Å². The van der Waals surface area contributed by atoms with Gasteiger partial charge in [-0.2, -0.15) is 0 Å². The number of nitrogens with one attached hydrogen (secondary N) is 1. The molecule has 0 aromatic heterocycles. The highest BCUT2D eigenvalue weighted by Crippen LogP contribution is 2.38. The molecule has 172 valence electrons. The molecule has 1 N–H and O–H groups in total. The quantitative estimate of drug-likeness (QED) is 0.297. The van der Waals surface area contributed by atoms with Gasteiger partial charge in [-0.1, -0.05) is 65.9 Å². The number of ether oxygens (including phenoxy) is 1. The summed E-state index contributed by atoms with van der Waals surface area (Å²) < 4.78 is 5.84. The molecule has 0 saturated heterocycles. The summed E-state index contributed by atoms with van der Waals surface area (Å²) in [5.41, 5.74) is 2.59. The third-order valence-electron chi connectivity index (χ3n) is 5.40. The topological polar surface area (TPSA) is 58.6 Å². The first-order chi connectivity index (χ1) is 17.1. The van der Waals surface area contributed by atoms with Crippen molar-refractivity contribution in [2.45, 2.75) is 11.8 Å². The van der Waals surface area contributed by atoms with E-state index in [0.717, 1.165) is 16.1 Å². The molecule has 1 heterocycles. The Labute approximate surface area is 208 Å². The van der Waals surface area contributed by atoms with Gasteiger partial charge in [0.1, 0.15) is 22.1 Å². The molecule has 2 amide bonds. The summed E-state index contributed by atoms with van der Waals surface area (Å²) in [6.45, 7) is 2.00. The van der Waals surface area contributed by atoms with Gasteiger partial charge in [0.2, 0.25) is 0 Å². The maximum absolute atomic E-state index is 13.5. The van der Waals surface area contributed by atoms with Gasteiger partial charge in [0.15, 0.2) is 0 Å². The second kappa shape index (κ2) is 9.91. The van der Waals surface area contributed by atoms with E-state index in [-0.39, 0.29) is 11.6 Å². The fourth-order valence-electron chi connectivity index (χ4n) is 3.62. The molecule has 0 unspecified atom stereocenters. The Bertz CT molecular complexity index is 1380. The average Bonchev–Trinajstić information content (AvgIpc) is 3.11. The van der Waals surface area contributed by atoms with Gasteiger partial charge < -0.3 is 10.1 Å². The molecule has 0 bridgehead atoms. The predicted molar refractivity (Wildman–Crippen MR) is 140 cm³/mol. The molecule has 0 atom stereocenters. The second-order valence-electron chi connectivity index (χ2n) is 7.96. The van der Waals surface area contributed by atoms with Crippen molar-refractivity contribution in [3.05, 3.63) is 125 Å². The van der Waals surface area contributed by atoms with Gasteiger partial charge >= 0.3 is 0 Å². The number of imide groups is 1. The van der Waals surface area contributed by atoms with Crippen LogP contribution in [0.4, 0.5) is 11.4 Å². The SMILES string of the molecule is Cc1ccc(NC2=C(Sc3ccccc3)C(=O)N(c3ccc(Oc4ccccc4)cc3)C2=O)cc1. The lowest BCUT2D eigenvalue weighted by Crippen LogP contribution is -2.32. The number of para-hydroxylation sites is 1. The number of amides is 2. The number of aryl methyl sites for hydroxylation is 1. The van der Waals surface area contributed by atoms with E-state index in [1.807, 2.05) is 91.9 Å². The third kappa shape index (κ3) is 4.98. The van der Waals surface area contributed by atoms with Crippen LogP contribution in [-0.2, 0) is 9.59 Å². The van der Waals surface area contributed by atoms with E-state index >= 15 is 0 Å². The van der Waals surface area contributed by atoms with E-state index in [0.29, 0.717) is 22.1 Å². The first-order valence-corrected chi connectivity index (χ1v) is 11.9. The van der Waals surface area contributed by atoms with Crippen LogP contribution >= 0.6 is 11.8 Å². The van der Waals surface area contributed by atoms with Crippen LogP contribution < -0.4 is 15.0 Å². The fourth-order valence-corrected chi connectivity index (χ4v) is 4.57. The number of nitrogens with zero attached hydrogens (tertiary/aromatic N) is 1. The molecule has 0 spiro atoms. The van der Waals surface area contributed by atoms with Crippen LogP contribution in [0.5, 0.6) is 11.5 Å². The van der Waals surface area contributed by atoms with Gasteiger partial charge in [-0.25, -0.2) is 4.90 Å². The van der Waals surface area contributed by atoms with Crippen molar-refractivity contribution in [2.75, 3.05) is 10.2 Å². The molecule has 0 saturated carbocycles. The van der Waals surface area contributed by atoms with Crippen LogP contribution in [-0.4, -0.2) is 11.8 Å². The molecular formula is C29H22N2O3S. The van der Waals surface area contributed by atoms with Crippen LogP contribution in [0.3, 0.4) is 0 Å². The maximum Gasteiger partial charge on any atom is 0.283 e. The van der Waals surface area contributed by atoms with Gasteiger partial charge in [-0.15, -0.1) is 0 Å². The zero-order valence-electron chi connectivity index (χ0n) is 19.0. The molecular weight excluding hydrogens is 456 g/mol. The number of hydrogen-bond donors (Lipinski definition) is 1. The minimum atomic E-state index is -0.397. The van der Waals surface area contributed by atoms with Gasteiger partial charge in [0.25, 0.3) is 11.8 Å². The number of rotatable bonds is 7. The van der Waals surface area contributed by atoms with E-state index in [4.69, 9.17) is 4.74 Å². The molecule has 1 aliphatic rings. The Kier molecular flexibility index (Phi) is 6.37. The Morgan fingerprint density at radius 2 is 1.29 bits per heavy atom. The van der Waals surface area contributed by atoms with Crippen LogP contribution in [0.1, 0.15) is 5.56 Å². The van der Waals surface area contributed by atoms with Crippen LogP contribution in [0, 0.1) is 6.92 Å². The number of carbonyl (C=O) groups is 2. The normalized spacial score (nSPS) is 13.3. The van der Waals surface area contributed by atoms with Crippen molar-refractivity contribution in [1.82, 2.24) is 0 Å². The highest BCUT2D eigenvalue weighted by Gasteiger charge is 2.40. The summed E-state index contributed by atoms with van der Waals surface area (Å²) in [6.07, 6.45) is 0. The summed E-state index contributed by atoms with van der Waals surface area (Å²) in [4.78, 5) is 29.4. The Morgan fingerprint density at radius 3 is 1.94 bits per heavy atom. The highest BCUT2D eigenvalue weighted by molar-refractivity contribution is 8.04. The lowest BCUT2D eigenvalue weighted by atomic mass is 10.2. The van der Waals surface area contributed by atoms with E-state index in [1.165, 1.54) is 16.7 Å². The molecule has 4 aromatic rings. The standard InChI is InChI=1S/C29H22N2O3S/c1-20-12-14-21(15-13-20)30-26-27(35-25-10-6-3-7-11-25)29(33)31(28(26)32)22-16-18-24(19-17-22)34-23-8-4-2-5-9-23/h2-19,30H,1H3. The Morgan fingerprint density at radius 1 is 0.686 bits per heavy atom. The molecule has 6 heteroatoms. The van der Waals surface area contributed by atoms with Crippen molar-refractivity contribution >= 4 is 35.0 Å². The molecule has 0 radical (unpaired) electrons. The smallest absolute Gasteiger partial charge is 0.283 e. The number of benzene rings is 4. The van der Waals surface area contributed by atoms with E-state index in [2.05, 4.69) is 5.32 Å². The third-order valence-corrected chi connectivity index (χ3v) is 6.49. The van der Waals surface area contributed by atoms with Crippen molar-refractivity contribution in [2.24, 2.45) is 0 Å². The number of thioether (sulfide) groups is 1. The van der Waals surface area contributed by atoms with Crippen LogP contribution in [0.2, 0.25) is 0 Å². The van der Waals surface area contributed by atoms with Crippen molar-refractivity contribution in [1.29, 1.82) is 0 Å². The summed E-state index contributed by atoms with van der Waals surface area (Å²) in [6, 6.07) is 33.6. The van der Waals surface area contributed by atoms with Gasteiger partial charge in [-0.05, 0) is 67.6 Å². The first kappa shape index (κ1) is 22.5. The summed E-state index contributed by atoms with van der Waals surface area (Å²) in [7, 11) is 0. The average molecular weight is 479 g/mol. The number of hydrogen-bond acceptors (Lipinski definition) is 5. The van der Waals surface area contributed by atoms with Gasteiger partial charge in [0, 0.05) is 10.6 Å². The Balaban J connectivity index is 1.44. The van der Waals surface area contributed by atoms with Crippen molar-refractivity contribution in [3.63, 3.8) is 0 Å². The second-order valence-corrected chi connectivity index (χ2v) is 9.05. The highest BCUT2D eigenvalue weighted by atomic mass is 32.2. The van der Waals surface area contributed by atoms with Crippen LogP contribution in [0.25, 0.3) is 0 Å². The van der Waals surface area contributed by atoms with Crippen molar-refractivity contribution in [3.8, 4) is 11.5 Å². The summed E-state index contributed by atoms with van der Waals surface area (Å²) >= 11 is 1.28. The minimum Gasteiger partial charge on any atom is -0.457 e. The van der Waals surface area contributed by atoms with E-state index in [1.54, 1.807) is 24.3 Å². The van der Waals surface area contributed by atoms with Crippen molar-refractivity contribution < 1.29 is 14.3 Å². The molecule has 0 aliphatic carbocycles. The minimum absolute atomic E-state index is 0.261. The van der Waals surface area contributed by atoms with E-state index in [9.17, 15) is 9.59 Å². The largest absolute Gasteiger partial charge is 0.457 e. The lowest BCUT2D eigenvalue weighted by Gasteiger charge is -2.16. The molecule has 5 nitrogen and oxygen atoms in total. The Hall–Kier alpha value is -4.29. The number of anilines is 2. The first-order valence-electron chi connectivity index (χ1n) is 11.1. The summed E-state index contributed by atoms with van der Waals surface area (Å²) in [5, 5.41) is 3.18. The fraction of sp³-hybridized carbons (Fsp3) is 0.0345. The lowest BCUT2D eigenvalue weighted by molar-refractivity contribution is -0.120. The molecule has 1 aliphatic heterocycles. The predicted octanol–water partition coefficient (Wildman–Crippen LogP) is 6.78. The molecule has 5 rings (SSSR count). The van der Waals surface area contributed by atoms with Gasteiger partial charge in [-0.3, -0.25) is 9.59 Å².